The fourth-order valence-electron chi connectivity index (χ4n) is 1.71. The summed E-state index contributed by atoms with van der Waals surface area (Å²) in [5.74, 6) is -0.344. The lowest BCUT2D eigenvalue weighted by atomic mass is 10.2. The second-order valence-electron chi connectivity index (χ2n) is 4.82. The maximum absolute atomic E-state index is 12.1. The molecule has 1 rings (SSSR count). The van der Waals surface area contributed by atoms with Crippen molar-refractivity contribution in [3.05, 3.63) is 29.3 Å². The minimum Gasteiger partial charge on any atom is -0.353 e. The van der Waals surface area contributed by atoms with Crippen LogP contribution < -0.4 is 10.0 Å². The van der Waals surface area contributed by atoms with E-state index in [4.69, 9.17) is 0 Å². The second-order valence-corrected chi connectivity index (χ2v) is 6.55. The van der Waals surface area contributed by atoms with Crippen LogP contribution in [0, 0.1) is 13.8 Å². The van der Waals surface area contributed by atoms with Gasteiger partial charge in [-0.25, -0.2) is 13.1 Å². The van der Waals surface area contributed by atoms with Crippen LogP contribution in [0.1, 0.15) is 25.0 Å². The van der Waals surface area contributed by atoms with E-state index in [0.717, 1.165) is 5.56 Å². The molecule has 0 aromatic heterocycles. The number of nitrogens with one attached hydrogen (secondary N) is 2. The summed E-state index contributed by atoms with van der Waals surface area (Å²) in [6, 6.07) is 5.06. The molecule has 19 heavy (non-hydrogen) atoms. The fourth-order valence-corrected chi connectivity index (χ4v) is 2.92. The van der Waals surface area contributed by atoms with Gasteiger partial charge in [0.05, 0.1) is 11.4 Å². The van der Waals surface area contributed by atoms with E-state index < -0.39 is 10.0 Å². The van der Waals surface area contributed by atoms with Crippen LogP contribution in [0.25, 0.3) is 0 Å². The Morgan fingerprint density at radius 2 is 1.89 bits per heavy atom. The molecule has 0 atom stereocenters. The maximum Gasteiger partial charge on any atom is 0.241 e. The highest BCUT2D eigenvalue weighted by atomic mass is 32.2. The van der Waals surface area contributed by atoms with E-state index in [2.05, 4.69) is 10.0 Å². The molecule has 0 spiro atoms. The zero-order valence-corrected chi connectivity index (χ0v) is 12.5. The lowest BCUT2D eigenvalue weighted by molar-refractivity contribution is -0.120. The van der Waals surface area contributed by atoms with Crippen LogP contribution in [0.4, 0.5) is 0 Å². The number of hydrogen-bond acceptors (Lipinski definition) is 3. The van der Waals surface area contributed by atoms with Crippen LogP contribution >= 0.6 is 0 Å². The van der Waals surface area contributed by atoms with Gasteiger partial charge < -0.3 is 5.32 Å². The lowest BCUT2D eigenvalue weighted by Gasteiger charge is -2.11. The maximum atomic E-state index is 12.1. The Morgan fingerprint density at radius 3 is 2.42 bits per heavy atom. The van der Waals surface area contributed by atoms with Crippen molar-refractivity contribution < 1.29 is 13.2 Å². The quantitative estimate of drug-likeness (QED) is 0.850. The Bertz CT molecular complexity index is 565. The van der Waals surface area contributed by atoms with Gasteiger partial charge in [-0.05, 0) is 39.3 Å². The summed E-state index contributed by atoms with van der Waals surface area (Å²) in [6.45, 7) is 7.00. The summed E-state index contributed by atoms with van der Waals surface area (Å²) < 4.78 is 26.4. The fraction of sp³-hybridized carbons (Fsp3) is 0.462. The SMILES string of the molecule is Cc1ccc(S(=O)(=O)NCC(=O)NC(C)C)c(C)c1. The average Bonchev–Trinajstić information content (AvgIpc) is 2.25. The van der Waals surface area contributed by atoms with Gasteiger partial charge in [0.25, 0.3) is 0 Å². The molecule has 0 heterocycles. The summed E-state index contributed by atoms with van der Waals surface area (Å²) in [5.41, 5.74) is 1.66. The van der Waals surface area contributed by atoms with Crippen molar-refractivity contribution in [2.75, 3.05) is 6.54 Å². The van der Waals surface area contributed by atoms with Gasteiger partial charge in [-0.15, -0.1) is 0 Å². The molecule has 2 N–H and O–H groups in total. The third kappa shape index (κ3) is 4.65. The molecule has 0 unspecified atom stereocenters. The first-order valence-corrected chi connectivity index (χ1v) is 7.57. The molecule has 1 aromatic rings. The smallest absolute Gasteiger partial charge is 0.241 e. The predicted octanol–water partition coefficient (Wildman–Crippen LogP) is 1.11. The van der Waals surface area contributed by atoms with Crippen LogP contribution in [-0.4, -0.2) is 26.9 Å². The molecule has 1 amide bonds. The number of sulfonamides is 1. The molecule has 0 aliphatic rings. The second kappa shape index (κ2) is 6.16. The molecule has 6 heteroatoms. The van der Waals surface area contributed by atoms with Crippen molar-refractivity contribution in [3.63, 3.8) is 0 Å². The number of amides is 1. The molecule has 5 nitrogen and oxygen atoms in total. The van der Waals surface area contributed by atoms with Gasteiger partial charge in [-0.2, -0.15) is 0 Å². The molecule has 0 aliphatic heterocycles. The van der Waals surface area contributed by atoms with Gasteiger partial charge >= 0.3 is 0 Å². The number of rotatable bonds is 5. The molecule has 106 valence electrons. The van der Waals surface area contributed by atoms with Crippen molar-refractivity contribution in [2.45, 2.75) is 38.6 Å². The lowest BCUT2D eigenvalue weighted by Crippen LogP contribution is -2.39. The summed E-state index contributed by atoms with van der Waals surface area (Å²) >= 11 is 0. The van der Waals surface area contributed by atoms with Crippen molar-refractivity contribution in [1.82, 2.24) is 10.0 Å². The van der Waals surface area contributed by atoms with Gasteiger partial charge in [0, 0.05) is 6.04 Å². The molecule has 0 saturated heterocycles. The van der Waals surface area contributed by atoms with E-state index in [1.54, 1.807) is 25.1 Å². The van der Waals surface area contributed by atoms with Crippen LogP contribution in [0.15, 0.2) is 23.1 Å². The van der Waals surface area contributed by atoms with Crippen LogP contribution in [0.5, 0.6) is 0 Å². The molecular formula is C13H20N2O3S. The van der Waals surface area contributed by atoms with Gasteiger partial charge in [0.15, 0.2) is 0 Å². The van der Waals surface area contributed by atoms with E-state index in [9.17, 15) is 13.2 Å². The highest BCUT2D eigenvalue weighted by Crippen LogP contribution is 2.15. The minimum atomic E-state index is -3.65. The molecule has 0 radical (unpaired) electrons. The Morgan fingerprint density at radius 1 is 1.26 bits per heavy atom. The third-order valence-corrected chi connectivity index (χ3v) is 4.05. The monoisotopic (exact) mass is 284 g/mol. The zero-order chi connectivity index (χ0) is 14.6. The van der Waals surface area contributed by atoms with Crippen LogP contribution in [0.2, 0.25) is 0 Å². The Balaban J connectivity index is 2.79. The first-order chi connectivity index (χ1) is 8.72. The highest BCUT2D eigenvalue weighted by molar-refractivity contribution is 7.89. The molecule has 0 bridgehead atoms. The largest absolute Gasteiger partial charge is 0.353 e. The van der Waals surface area contributed by atoms with Crippen molar-refractivity contribution in [3.8, 4) is 0 Å². The van der Waals surface area contributed by atoms with Crippen molar-refractivity contribution in [2.24, 2.45) is 0 Å². The van der Waals surface area contributed by atoms with Crippen LogP contribution in [0.3, 0.4) is 0 Å². The number of carbonyl (C=O) groups excluding carboxylic acids is 1. The summed E-state index contributed by atoms with van der Waals surface area (Å²) in [7, 11) is -3.65. The summed E-state index contributed by atoms with van der Waals surface area (Å²) in [4.78, 5) is 11.6. The third-order valence-electron chi connectivity index (χ3n) is 2.49. The average molecular weight is 284 g/mol. The predicted molar refractivity (Wildman–Crippen MR) is 74.4 cm³/mol. The Kier molecular flexibility index (Phi) is 5.08. The number of carbonyl (C=O) groups is 1. The molecule has 1 aromatic carbocycles. The first-order valence-electron chi connectivity index (χ1n) is 6.08. The summed E-state index contributed by atoms with van der Waals surface area (Å²) in [6.07, 6.45) is 0. The van der Waals surface area contributed by atoms with Gasteiger partial charge in [-0.3, -0.25) is 4.79 Å². The highest BCUT2D eigenvalue weighted by Gasteiger charge is 2.17. The molecule has 0 aliphatic carbocycles. The number of benzene rings is 1. The van der Waals surface area contributed by atoms with E-state index in [0.29, 0.717) is 5.56 Å². The van der Waals surface area contributed by atoms with Crippen molar-refractivity contribution >= 4 is 15.9 Å². The topological polar surface area (TPSA) is 75.3 Å². The van der Waals surface area contributed by atoms with E-state index in [1.807, 2.05) is 20.8 Å². The summed E-state index contributed by atoms with van der Waals surface area (Å²) in [5, 5.41) is 2.62. The standard InChI is InChI=1S/C13H20N2O3S/c1-9(2)15-13(16)8-14-19(17,18)12-6-5-10(3)7-11(12)4/h5-7,9,14H,8H2,1-4H3,(H,15,16). The van der Waals surface area contributed by atoms with Gasteiger partial charge in [0.1, 0.15) is 0 Å². The van der Waals surface area contributed by atoms with Gasteiger partial charge in [-0.1, -0.05) is 17.7 Å². The molecule has 0 saturated carbocycles. The van der Waals surface area contributed by atoms with E-state index in [1.165, 1.54) is 0 Å². The van der Waals surface area contributed by atoms with Gasteiger partial charge in [0.2, 0.25) is 15.9 Å². The van der Waals surface area contributed by atoms with E-state index >= 15 is 0 Å². The van der Waals surface area contributed by atoms with Crippen molar-refractivity contribution in [1.29, 1.82) is 0 Å². The Labute approximate surface area is 114 Å². The number of hydrogen-bond donors (Lipinski definition) is 2. The molecular weight excluding hydrogens is 264 g/mol. The van der Waals surface area contributed by atoms with E-state index in [-0.39, 0.29) is 23.4 Å². The number of aryl methyl sites for hydroxylation is 2. The minimum absolute atomic E-state index is 0.0156. The first kappa shape index (κ1) is 15.7. The zero-order valence-electron chi connectivity index (χ0n) is 11.6. The van der Waals surface area contributed by atoms with Crippen LogP contribution in [-0.2, 0) is 14.8 Å². The molecule has 0 fully saturated rings. The normalized spacial score (nSPS) is 11.6. The Hall–Kier alpha value is -1.40.